The largest absolute Gasteiger partial charge is 0.339 e. The van der Waals surface area contributed by atoms with Crippen molar-refractivity contribution in [2.75, 3.05) is 5.32 Å². The number of H-pyrrole nitrogens is 1. The summed E-state index contributed by atoms with van der Waals surface area (Å²) < 4.78 is 1.68. The molecule has 0 aliphatic carbocycles. The van der Waals surface area contributed by atoms with Crippen LogP contribution in [0.2, 0.25) is 0 Å². The summed E-state index contributed by atoms with van der Waals surface area (Å²) in [4.78, 5) is 39.7. The number of fused-ring (bicyclic) bond motifs is 2. The van der Waals surface area contributed by atoms with Crippen LogP contribution in [0, 0.1) is 0 Å². The second-order valence-electron chi connectivity index (χ2n) is 6.00. The molecule has 2 aromatic heterocycles. The van der Waals surface area contributed by atoms with Gasteiger partial charge in [0.2, 0.25) is 0 Å². The number of aromatic nitrogens is 2. The highest BCUT2D eigenvalue weighted by Gasteiger charge is 2.14. The number of carbonyl (C=O) groups excluding carboxylic acids is 1. The Labute approximate surface area is 147 Å². The summed E-state index contributed by atoms with van der Waals surface area (Å²) in [6.07, 6.45) is 1.53. The molecule has 0 radical (unpaired) electrons. The number of nitrogens with zero attached hydrogens (tertiary/aromatic N) is 1. The van der Waals surface area contributed by atoms with E-state index < -0.39 is 5.91 Å². The van der Waals surface area contributed by atoms with Gasteiger partial charge in [-0.15, -0.1) is 0 Å². The molecule has 1 amide bonds. The average Bonchev–Trinajstić information content (AvgIpc) is 2.65. The fraction of sp³-hybridized carbons (Fsp3) is 0.0500. The van der Waals surface area contributed by atoms with E-state index >= 15 is 0 Å². The number of amides is 1. The van der Waals surface area contributed by atoms with Crippen LogP contribution in [0.5, 0.6) is 0 Å². The van der Waals surface area contributed by atoms with Crippen molar-refractivity contribution in [3.05, 3.63) is 87.1 Å². The summed E-state index contributed by atoms with van der Waals surface area (Å²) in [6, 6.07) is 15.3. The molecule has 0 saturated carbocycles. The highest BCUT2D eigenvalue weighted by Crippen LogP contribution is 2.21. The van der Waals surface area contributed by atoms with Gasteiger partial charge in [0.1, 0.15) is 5.69 Å². The van der Waals surface area contributed by atoms with Gasteiger partial charge in [-0.3, -0.25) is 14.4 Å². The van der Waals surface area contributed by atoms with Crippen molar-refractivity contribution in [1.29, 1.82) is 0 Å². The number of pyridine rings is 2. The lowest BCUT2D eigenvalue weighted by Gasteiger charge is -2.13. The molecule has 26 heavy (non-hydrogen) atoms. The fourth-order valence-corrected chi connectivity index (χ4v) is 3.14. The fourth-order valence-electron chi connectivity index (χ4n) is 3.14. The van der Waals surface area contributed by atoms with Gasteiger partial charge in [-0.2, -0.15) is 0 Å². The number of anilines is 1. The van der Waals surface area contributed by atoms with Gasteiger partial charge in [-0.05, 0) is 30.3 Å². The van der Waals surface area contributed by atoms with E-state index in [-0.39, 0.29) is 16.7 Å². The third-order valence-corrected chi connectivity index (χ3v) is 4.46. The molecule has 0 fully saturated rings. The molecule has 4 rings (SSSR count). The maximum absolute atomic E-state index is 12.8. The molecular weight excluding hydrogens is 330 g/mol. The van der Waals surface area contributed by atoms with Gasteiger partial charge in [0.05, 0.1) is 5.52 Å². The highest BCUT2D eigenvalue weighted by atomic mass is 16.2. The van der Waals surface area contributed by atoms with Crippen LogP contribution < -0.4 is 16.3 Å². The van der Waals surface area contributed by atoms with Crippen LogP contribution in [-0.4, -0.2) is 15.5 Å². The van der Waals surface area contributed by atoms with Crippen LogP contribution in [0.25, 0.3) is 21.7 Å². The summed E-state index contributed by atoms with van der Waals surface area (Å²) in [5, 5.41) is 4.49. The summed E-state index contributed by atoms with van der Waals surface area (Å²) in [7, 11) is 1.74. The predicted octanol–water partition coefficient (Wildman–Crippen LogP) is 2.63. The van der Waals surface area contributed by atoms with Gasteiger partial charge in [0, 0.05) is 41.2 Å². The Hall–Kier alpha value is -3.67. The molecule has 0 bridgehead atoms. The summed E-state index contributed by atoms with van der Waals surface area (Å²) in [6.45, 7) is 0. The molecule has 6 nitrogen and oxygen atoms in total. The lowest BCUT2D eigenvalue weighted by Crippen LogP contribution is -2.21. The first-order valence-electron chi connectivity index (χ1n) is 8.07. The number of para-hydroxylation sites is 1. The molecule has 0 saturated heterocycles. The van der Waals surface area contributed by atoms with E-state index in [2.05, 4.69) is 10.3 Å². The average molecular weight is 345 g/mol. The van der Waals surface area contributed by atoms with Crippen molar-refractivity contribution >= 4 is 33.3 Å². The minimum atomic E-state index is -0.414. The van der Waals surface area contributed by atoms with Crippen LogP contribution in [0.15, 0.2) is 70.4 Å². The van der Waals surface area contributed by atoms with Crippen LogP contribution in [-0.2, 0) is 7.05 Å². The quantitative estimate of drug-likeness (QED) is 0.586. The second kappa shape index (κ2) is 6.00. The van der Waals surface area contributed by atoms with Crippen molar-refractivity contribution in [2.24, 2.45) is 7.05 Å². The van der Waals surface area contributed by atoms with Gasteiger partial charge >= 0.3 is 0 Å². The molecular formula is C20H15N3O3. The first kappa shape index (κ1) is 15.8. The molecule has 2 N–H and O–H groups in total. The Morgan fingerprint density at radius 2 is 1.73 bits per heavy atom. The molecule has 0 spiro atoms. The standard InChI is InChI=1S/C20H15N3O3/c1-23-16-8-3-2-5-14(16)18(24)11-17(23)20(26)22-15-7-4-6-13-12(15)9-10-21-19(13)25/h2-11H,1H3,(H,21,25)(H,22,26). The molecule has 0 atom stereocenters. The molecule has 6 heteroatoms. The van der Waals surface area contributed by atoms with Crippen LogP contribution in [0.3, 0.4) is 0 Å². The SMILES string of the molecule is Cn1c(C(=O)Nc2cccc3c(=O)[nH]ccc23)cc(=O)c2ccccc21. The lowest BCUT2D eigenvalue weighted by atomic mass is 10.1. The summed E-state index contributed by atoms with van der Waals surface area (Å²) in [5.41, 5.74) is 1.00. The lowest BCUT2D eigenvalue weighted by molar-refractivity contribution is 0.101. The number of rotatable bonds is 2. The highest BCUT2D eigenvalue weighted by molar-refractivity contribution is 6.09. The van der Waals surface area contributed by atoms with Crippen LogP contribution in [0.4, 0.5) is 5.69 Å². The van der Waals surface area contributed by atoms with E-state index in [9.17, 15) is 14.4 Å². The third-order valence-electron chi connectivity index (χ3n) is 4.46. The second-order valence-corrected chi connectivity index (χ2v) is 6.00. The van der Waals surface area contributed by atoms with E-state index in [1.807, 2.05) is 6.07 Å². The van der Waals surface area contributed by atoms with E-state index in [1.165, 1.54) is 12.3 Å². The number of hydrogen-bond acceptors (Lipinski definition) is 3. The molecule has 0 aliphatic heterocycles. The Kier molecular flexibility index (Phi) is 3.65. The zero-order chi connectivity index (χ0) is 18.3. The zero-order valence-corrected chi connectivity index (χ0v) is 13.9. The molecule has 2 aromatic carbocycles. The molecule has 0 unspecified atom stereocenters. The smallest absolute Gasteiger partial charge is 0.272 e. The van der Waals surface area contributed by atoms with Crippen molar-refractivity contribution in [1.82, 2.24) is 9.55 Å². The third kappa shape index (κ3) is 2.48. The number of benzene rings is 2. The number of aryl methyl sites for hydroxylation is 1. The number of aromatic amines is 1. The number of hydrogen-bond donors (Lipinski definition) is 2. The minimum absolute atomic E-state index is 0.210. The van der Waals surface area contributed by atoms with E-state index in [1.54, 1.807) is 54.1 Å². The predicted molar refractivity (Wildman–Crippen MR) is 102 cm³/mol. The van der Waals surface area contributed by atoms with Gasteiger partial charge in [-0.25, -0.2) is 0 Å². The van der Waals surface area contributed by atoms with Gasteiger partial charge < -0.3 is 14.9 Å². The van der Waals surface area contributed by atoms with Gasteiger partial charge in [0.25, 0.3) is 11.5 Å². The summed E-state index contributed by atoms with van der Waals surface area (Å²) >= 11 is 0. The first-order chi connectivity index (χ1) is 12.6. The molecule has 4 aromatic rings. The number of nitrogens with one attached hydrogen (secondary N) is 2. The normalized spacial score (nSPS) is 11.0. The topological polar surface area (TPSA) is 84.0 Å². The zero-order valence-electron chi connectivity index (χ0n) is 13.9. The van der Waals surface area contributed by atoms with Crippen LogP contribution >= 0.6 is 0 Å². The maximum Gasteiger partial charge on any atom is 0.272 e. The Balaban J connectivity index is 1.82. The Bertz CT molecular complexity index is 1280. The maximum atomic E-state index is 12.8. The van der Waals surface area contributed by atoms with E-state index in [0.717, 1.165) is 0 Å². The van der Waals surface area contributed by atoms with E-state index in [0.29, 0.717) is 27.4 Å². The molecule has 128 valence electrons. The van der Waals surface area contributed by atoms with Crippen molar-refractivity contribution < 1.29 is 4.79 Å². The minimum Gasteiger partial charge on any atom is -0.339 e. The number of carbonyl (C=O) groups is 1. The van der Waals surface area contributed by atoms with Crippen molar-refractivity contribution in [2.45, 2.75) is 0 Å². The first-order valence-corrected chi connectivity index (χ1v) is 8.07. The Morgan fingerprint density at radius 1 is 0.962 bits per heavy atom. The van der Waals surface area contributed by atoms with Crippen molar-refractivity contribution in [3.8, 4) is 0 Å². The van der Waals surface area contributed by atoms with Crippen LogP contribution in [0.1, 0.15) is 10.5 Å². The van der Waals surface area contributed by atoms with Gasteiger partial charge in [-0.1, -0.05) is 18.2 Å². The van der Waals surface area contributed by atoms with E-state index in [4.69, 9.17) is 0 Å². The van der Waals surface area contributed by atoms with Crippen molar-refractivity contribution in [3.63, 3.8) is 0 Å². The monoisotopic (exact) mass is 345 g/mol. The molecule has 2 heterocycles. The summed E-state index contributed by atoms with van der Waals surface area (Å²) in [5.74, 6) is -0.414. The Morgan fingerprint density at radius 3 is 2.58 bits per heavy atom. The molecule has 0 aliphatic rings. The van der Waals surface area contributed by atoms with Gasteiger partial charge in [0.15, 0.2) is 5.43 Å².